The third kappa shape index (κ3) is 6.60. The number of para-hydroxylation sites is 1. The Morgan fingerprint density at radius 2 is 1.66 bits per heavy atom. The van der Waals surface area contributed by atoms with Gasteiger partial charge in [0.1, 0.15) is 23.7 Å². The number of ether oxygens (including phenoxy) is 1. The molecule has 154 valence electrons. The van der Waals surface area contributed by atoms with Gasteiger partial charge in [0.2, 0.25) is 17.7 Å². The predicted molar refractivity (Wildman–Crippen MR) is 106 cm³/mol. The van der Waals surface area contributed by atoms with Gasteiger partial charge in [-0.15, -0.1) is 0 Å². The van der Waals surface area contributed by atoms with Crippen LogP contribution in [0.3, 0.4) is 0 Å². The number of carbonyl (C=O) groups excluding carboxylic acids is 3. The summed E-state index contributed by atoms with van der Waals surface area (Å²) in [7, 11) is 1.51. The van der Waals surface area contributed by atoms with E-state index in [2.05, 4.69) is 10.6 Å². The Morgan fingerprint density at radius 3 is 2.24 bits per heavy atom. The molecule has 0 aliphatic heterocycles. The van der Waals surface area contributed by atoms with Gasteiger partial charge >= 0.3 is 0 Å². The standard InChI is InChI=1S/C21H24FN3O4/c1-13(26)24-18(11-14-7-9-16(22)10-8-14)21(28)25-17(20(23)27)12-15-5-3-4-6-19(15)29-2/h3-10,17-18H,11-12H2,1-2H3,(H2,23,27)(H,24,26)(H,25,28)/t17-,18+/m0/s1. The Labute approximate surface area is 168 Å². The lowest BCUT2D eigenvalue weighted by Crippen LogP contribution is -2.54. The summed E-state index contributed by atoms with van der Waals surface area (Å²) in [6.45, 7) is 1.28. The SMILES string of the molecule is COc1ccccc1C[C@H](NC(=O)[C@@H](Cc1ccc(F)cc1)NC(C)=O)C(N)=O. The number of halogens is 1. The fraction of sp³-hybridized carbons (Fsp3) is 0.286. The summed E-state index contributed by atoms with van der Waals surface area (Å²) in [6.07, 6.45) is 0.264. The molecule has 2 atom stereocenters. The van der Waals surface area contributed by atoms with Crippen molar-refractivity contribution in [3.63, 3.8) is 0 Å². The van der Waals surface area contributed by atoms with Crippen LogP contribution in [0.25, 0.3) is 0 Å². The monoisotopic (exact) mass is 401 g/mol. The molecule has 0 saturated heterocycles. The van der Waals surface area contributed by atoms with E-state index in [1.165, 1.54) is 38.3 Å². The summed E-state index contributed by atoms with van der Waals surface area (Å²) >= 11 is 0. The Balaban J connectivity index is 2.16. The van der Waals surface area contributed by atoms with Crippen molar-refractivity contribution in [2.45, 2.75) is 31.8 Å². The number of hydrogen-bond acceptors (Lipinski definition) is 4. The maximum atomic E-state index is 13.1. The zero-order valence-corrected chi connectivity index (χ0v) is 16.3. The lowest BCUT2D eigenvalue weighted by atomic mass is 10.0. The van der Waals surface area contributed by atoms with Gasteiger partial charge in [0.05, 0.1) is 7.11 Å². The molecule has 0 unspecified atom stereocenters. The van der Waals surface area contributed by atoms with E-state index < -0.39 is 35.6 Å². The second kappa shape index (κ2) is 10.2. The number of amides is 3. The molecule has 7 nitrogen and oxygen atoms in total. The molecule has 0 aliphatic carbocycles. The minimum absolute atomic E-state index is 0.131. The first kappa shape index (κ1) is 21.9. The van der Waals surface area contributed by atoms with Crippen LogP contribution >= 0.6 is 0 Å². The maximum Gasteiger partial charge on any atom is 0.243 e. The first-order chi connectivity index (χ1) is 13.8. The van der Waals surface area contributed by atoms with Crippen molar-refractivity contribution < 1.29 is 23.5 Å². The van der Waals surface area contributed by atoms with Gasteiger partial charge in [-0.25, -0.2) is 4.39 Å². The molecule has 4 N–H and O–H groups in total. The molecule has 2 aromatic rings. The van der Waals surface area contributed by atoms with Crippen LogP contribution in [0.1, 0.15) is 18.1 Å². The molecule has 0 bridgehead atoms. The second-order valence-electron chi connectivity index (χ2n) is 6.56. The lowest BCUT2D eigenvalue weighted by molar-refractivity contribution is -0.130. The van der Waals surface area contributed by atoms with E-state index in [-0.39, 0.29) is 12.8 Å². The third-order valence-electron chi connectivity index (χ3n) is 4.32. The summed E-state index contributed by atoms with van der Waals surface area (Å²) < 4.78 is 18.4. The maximum absolute atomic E-state index is 13.1. The molecule has 3 amide bonds. The number of methoxy groups -OCH3 is 1. The Bertz CT molecular complexity index is 870. The van der Waals surface area contributed by atoms with Gasteiger partial charge in [-0.05, 0) is 29.3 Å². The molecular weight excluding hydrogens is 377 g/mol. The Hall–Kier alpha value is -3.42. The van der Waals surface area contributed by atoms with Crippen LogP contribution < -0.4 is 21.1 Å². The number of nitrogens with one attached hydrogen (secondary N) is 2. The van der Waals surface area contributed by atoms with Crippen molar-refractivity contribution in [1.82, 2.24) is 10.6 Å². The highest BCUT2D eigenvalue weighted by Crippen LogP contribution is 2.19. The van der Waals surface area contributed by atoms with Crippen molar-refractivity contribution in [2.24, 2.45) is 5.73 Å². The van der Waals surface area contributed by atoms with E-state index in [0.29, 0.717) is 16.9 Å². The molecule has 2 rings (SSSR count). The number of rotatable bonds is 9. The fourth-order valence-corrected chi connectivity index (χ4v) is 2.90. The molecule has 0 aliphatic rings. The Kier molecular flexibility index (Phi) is 7.70. The number of hydrogen-bond donors (Lipinski definition) is 3. The number of benzene rings is 2. The van der Waals surface area contributed by atoms with Crippen molar-refractivity contribution in [2.75, 3.05) is 7.11 Å². The molecule has 0 fully saturated rings. The van der Waals surface area contributed by atoms with Gasteiger partial charge in [0.25, 0.3) is 0 Å². The molecule has 8 heteroatoms. The van der Waals surface area contributed by atoms with Crippen LogP contribution in [-0.4, -0.2) is 36.9 Å². The smallest absolute Gasteiger partial charge is 0.243 e. The molecule has 0 radical (unpaired) electrons. The molecule has 2 aromatic carbocycles. The van der Waals surface area contributed by atoms with E-state index in [1.54, 1.807) is 24.3 Å². The second-order valence-corrected chi connectivity index (χ2v) is 6.56. The largest absolute Gasteiger partial charge is 0.496 e. The molecule has 0 aromatic heterocycles. The summed E-state index contributed by atoms with van der Waals surface area (Å²) in [5, 5.41) is 5.15. The van der Waals surface area contributed by atoms with Crippen LogP contribution in [0.4, 0.5) is 4.39 Å². The average molecular weight is 401 g/mol. The highest BCUT2D eigenvalue weighted by atomic mass is 19.1. The van der Waals surface area contributed by atoms with Gasteiger partial charge in [0.15, 0.2) is 0 Å². The van der Waals surface area contributed by atoms with Crippen LogP contribution in [0, 0.1) is 5.82 Å². The number of primary amides is 1. The topological polar surface area (TPSA) is 111 Å². The molecule has 0 saturated carbocycles. The highest BCUT2D eigenvalue weighted by molar-refractivity contribution is 5.91. The van der Waals surface area contributed by atoms with Crippen molar-refractivity contribution >= 4 is 17.7 Å². The van der Waals surface area contributed by atoms with Crippen molar-refractivity contribution in [1.29, 1.82) is 0 Å². The third-order valence-corrected chi connectivity index (χ3v) is 4.32. The average Bonchev–Trinajstić information content (AvgIpc) is 2.68. The van der Waals surface area contributed by atoms with E-state index in [9.17, 15) is 18.8 Å². The summed E-state index contributed by atoms with van der Waals surface area (Å²) in [4.78, 5) is 36.2. The number of nitrogens with two attached hydrogens (primary N) is 1. The van der Waals surface area contributed by atoms with Crippen LogP contribution in [0.2, 0.25) is 0 Å². The quantitative estimate of drug-likeness (QED) is 0.584. The van der Waals surface area contributed by atoms with Gasteiger partial charge in [-0.1, -0.05) is 30.3 Å². The summed E-state index contributed by atoms with van der Waals surface area (Å²) in [5.41, 5.74) is 6.83. The van der Waals surface area contributed by atoms with Crippen LogP contribution in [0.15, 0.2) is 48.5 Å². The predicted octanol–water partition coefficient (Wildman–Crippen LogP) is 1.09. The molecule has 0 spiro atoms. The van der Waals surface area contributed by atoms with Crippen molar-refractivity contribution in [3.8, 4) is 5.75 Å². The van der Waals surface area contributed by atoms with Gasteiger partial charge in [-0.3, -0.25) is 14.4 Å². The highest BCUT2D eigenvalue weighted by Gasteiger charge is 2.26. The Morgan fingerprint density at radius 1 is 1.00 bits per heavy atom. The molecule has 29 heavy (non-hydrogen) atoms. The lowest BCUT2D eigenvalue weighted by Gasteiger charge is -2.22. The molecular formula is C21H24FN3O4. The minimum Gasteiger partial charge on any atom is -0.496 e. The van der Waals surface area contributed by atoms with Gasteiger partial charge in [0, 0.05) is 19.8 Å². The normalized spacial score (nSPS) is 12.5. The summed E-state index contributed by atoms with van der Waals surface area (Å²) in [6, 6.07) is 10.7. The number of carbonyl (C=O) groups is 3. The van der Waals surface area contributed by atoms with E-state index >= 15 is 0 Å². The van der Waals surface area contributed by atoms with Crippen molar-refractivity contribution in [3.05, 3.63) is 65.5 Å². The zero-order valence-electron chi connectivity index (χ0n) is 16.3. The fourth-order valence-electron chi connectivity index (χ4n) is 2.90. The van der Waals surface area contributed by atoms with Crippen LogP contribution in [-0.2, 0) is 27.2 Å². The summed E-state index contributed by atoms with van der Waals surface area (Å²) in [5.74, 6) is -1.53. The van der Waals surface area contributed by atoms with E-state index in [4.69, 9.17) is 10.5 Å². The van der Waals surface area contributed by atoms with E-state index in [0.717, 1.165) is 0 Å². The molecule has 0 heterocycles. The first-order valence-electron chi connectivity index (χ1n) is 9.03. The first-order valence-corrected chi connectivity index (χ1v) is 9.03. The van der Waals surface area contributed by atoms with Crippen LogP contribution in [0.5, 0.6) is 5.75 Å². The minimum atomic E-state index is -0.997. The van der Waals surface area contributed by atoms with Gasteiger partial charge in [-0.2, -0.15) is 0 Å². The van der Waals surface area contributed by atoms with Gasteiger partial charge < -0.3 is 21.1 Å². The zero-order chi connectivity index (χ0) is 21.4. The van der Waals surface area contributed by atoms with E-state index in [1.807, 2.05) is 0 Å².